The molecule has 0 amide bonds. The Morgan fingerprint density at radius 2 is 2.12 bits per heavy atom. The van der Waals surface area contributed by atoms with Gasteiger partial charge >= 0.3 is 0 Å². The molecule has 0 radical (unpaired) electrons. The summed E-state index contributed by atoms with van der Waals surface area (Å²) in [7, 11) is 0. The van der Waals surface area contributed by atoms with Crippen molar-refractivity contribution < 1.29 is 0 Å². The SMILES string of the molecule is CCN(Cc1ccc(C)s1)CC1CCNCC1. The third-order valence-electron chi connectivity index (χ3n) is 3.60. The fourth-order valence-electron chi connectivity index (χ4n) is 2.53. The molecule has 1 N–H and O–H groups in total. The number of nitrogens with one attached hydrogen (secondary N) is 1. The molecule has 0 saturated carbocycles. The lowest BCUT2D eigenvalue weighted by Gasteiger charge is -2.29. The zero-order valence-electron chi connectivity index (χ0n) is 11.0. The molecule has 0 spiro atoms. The van der Waals surface area contributed by atoms with Gasteiger partial charge < -0.3 is 5.32 Å². The highest BCUT2D eigenvalue weighted by atomic mass is 32.1. The zero-order chi connectivity index (χ0) is 12.1. The van der Waals surface area contributed by atoms with Gasteiger partial charge in [-0.2, -0.15) is 0 Å². The molecule has 1 aliphatic rings. The topological polar surface area (TPSA) is 15.3 Å². The second kappa shape index (κ2) is 6.53. The molecule has 1 fully saturated rings. The number of hydrogen-bond donors (Lipinski definition) is 1. The van der Waals surface area contributed by atoms with E-state index in [0.717, 1.165) is 12.5 Å². The van der Waals surface area contributed by atoms with Crippen LogP contribution in [0.25, 0.3) is 0 Å². The first-order valence-corrected chi connectivity index (χ1v) is 7.58. The zero-order valence-corrected chi connectivity index (χ0v) is 11.9. The van der Waals surface area contributed by atoms with E-state index in [1.54, 1.807) is 0 Å². The van der Waals surface area contributed by atoms with Gasteiger partial charge in [0.2, 0.25) is 0 Å². The number of hydrogen-bond acceptors (Lipinski definition) is 3. The van der Waals surface area contributed by atoms with Crippen molar-refractivity contribution in [1.29, 1.82) is 0 Å². The Morgan fingerprint density at radius 1 is 1.35 bits per heavy atom. The van der Waals surface area contributed by atoms with Crippen LogP contribution in [0.15, 0.2) is 12.1 Å². The third kappa shape index (κ3) is 4.09. The van der Waals surface area contributed by atoms with Crippen LogP contribution < -0.4 is 5.32 Å². The van der Waals surface area contributed by atoms with Crippen molar-refractivity contribution in [1.82, 2.24) is 10.2 Å². The molecule has 17 heavy (non-hydrogen) atoms. The number of rotatable bonds is 5. The molecule has 0 aliphatic carbocycles. The maximum Gasteiger partial charge on any atom is 0.0328 e. The van der Waals surface area contributed by atoms with Gasteiger partial charge in [-0.1, -0.05) is 6.92 Å². The lowest BCUT2D eigenvalue weighted by molar-refractivity contribution is 0.208. The largest absolute Gasteiger partial charge is 0.317 e. The molecule has 96 valence electrons. The van der Waals surface area contributed by atoms with Crippen molar-refractivity contribution in [2.75, 3.05) is 26.2 Å². The average molecular weight is 252 g/mol. The summed E-state index contributed by atoms with van der Waals surface area (Å²) in [6.45, 7) is 10.5. The highest BCUT2D eigenvalue weighted by Crippen LogP contribution is 2.19. The highest BCUT2D eigenvalue weighted by molar-refractivity contribution is 7.11. The Balaban J connectivity index is 1.83. The maximum absolute atomic E-state index is 3.44. The van der Waals surface area contributed by atoms with Gasteiger partial charge in [0.25, 0.3) is 0 Å². The molecule has 0 aromatic carbocycles. The molecule has 1 aliphatic heterocycles. The van der Waals surface area contributed by atoms with Gasteiger partial charge in [0.05, 0.1) is 0 Å². The van der Waals surface area contributed by atoms with Crippen LogP contribution in [0.1, 0.15) is 29.5 Å². The van der Waals surface area contributed by atoms with E-state index in [1.807, 2.05) is 11.3 Å². The minimum absolute atomic E-state index is 0.900. The van der Waals surface area contributed by atoms with Crippen LogP contribution in [0.2, 0.25) is 0 Å². The van der Waals surface area contributed by atoms with Crippen LogP contribution in [0, 0.1) is 12.8 Å². The summed E-state index contributed by atoms with van der Waals surface area (Å²) in [6.07, 6.45) is 2.69. The third-order valence-corrected chi connectivity index (χ3v) is 4.58. The van der Waals surface area contributed by atoms with E-state index < -0.39 is 0 Å². The lowest BCUT2D eigenvalue weighted by Crippen LogP contribution is -2.35. The summed E-state index contributed by atoms with van der Waals surface area (Å²) in [5.41, 5.74) is 0. The first kappa shape index (κ1) is 13.1. The molecule has 1 aromatic heterocycles. The first-order chi connectivity index (χ1) is 8.28. The molecule has 2 rings (SSSR count). The first-order valence-electron chi connectivity index (χ1n) is 6.76. The minimum atomic E-state index is 0.900. The Kier molecular flexibility index (Phi) is 5.01. The summed E-state index contributed by atoms with van der Waals surface area (Å²) in [4.78, 5) is 5.54. The van der Waals surface area contributed by atoms with Crippen LogP contribution in [0.4, 0.5) is 0 Å². The fraction of sp³-hybridized carbons (Fsp3) is 0.714. The predicted octanol–water partition coefficient (Wildman–Crippen LogP) is 2.88. The van der Waals surface area contributed by atoms with Crippen molar-refractivity contribution in [2.24, 2.45) is 5.92 Å². The van der Waals surface area contributed by atoms with Crippen LogP contribution in [-0.2, 0) is 6.54 Å². The Morgan fingerprint density at radius 3 is 2.71 bits per heavy atom. The van der Waals surface area contributed by atoms with E-state index >= 15 is 0 Å². The van der Waals surface area contributed by atoms with Crippen LogP contribution in [0.5, 0.6) is 0 Å². The summed E-state index contributed by atoms with van der Waals surface area (Å²) < 4.78 is 0. The summed E-state index contributed by atoms with van der Waals surface area (Å²) in [5.74, 6) is 0.900. The van der Waals surface area contributed by atoms with Gasteiger partial charge in [-0.15, -0.1) is 11.3 Å². The summed E-state index contributed by atoms with van der Waals surface area (Å²) >= 11 is 1.94. The van der Waals surface area contributed by atoms with Crippen molar-refractivity contribution in [3.05, 3.63) is 21.9 Å². The molecule has 3 heteroatoms. The van der Waals surface area contributed by atoms with Gasteiger partial charge in [-0.25, -0.2) is 0 Å². The minimum Gasteiger partial charge on any atom is -0.317 e. The normalized spacial score (nSPS) is 17.8. The Hall–Kier alpha value is -0.380. The van der Waals surface area contributed by atoms with Crippen LogP contribution in [0.3, 0.4) is 0 Å². The number of piperidine rings is 1. The second-order valence-electron chi connectivity index (χ2n) is 5.03. The monoisotopic (exact) mass is 252 g/mol. The smallest absolute Gasteiger partial charge is 0.0328 e. The van der Waals surface area contributed by atoms with Crippen LogP contribution >= 0.6 is 11.3 Å². The van der Waals surface area contributed by atoms with E-state index in [9.17, 15) is 0 Å². The Bertz CT molecular complexity index is 329. The fourth-order valence-corrected chi connectivity index (χ4v) is 3.46. The van der Waals surface area contributed by atoms with Crippen molar-refractivity contribution in [3.63, 3.8) is 0 Å². The van der Waals surface area contributed by atoms with Gasteiger partial charge in [-0.3, -0.25) is 4.90 Å². The van der Waals surface area contributed by atoms with Gasteiger partial charge in [0.15, 0.2) is 0 Å². The standard InChI is InChI=1S/C14H24N2S/c1-3-16(10-13-6-8-15-9-7-13)11-14-5-4-12(2)17-14/h4-5,13,15H,3,6-11H2,1-2H3. The number of nitrogens with zero attached hydrogens (tertiary/aromatic N) is 1. The van der Waals surface area contributed by atoms with E-state index in [0.29, 0.717) is 0 Å². The quantitative estimate of drug-likeness (QED) is 0.867. The van der Waals surface area contributed by atoms with E-state index in [1.165, 1.54) is 48.8 Å². The molecule has 1 aromatic rings. The summed E-state index contributed by atoms with van der Waals surface area (Å²) in [6, 6.07) is 4.52. The van der Waals surface area contributed by atoms with E-state index in [4.69, 9.17) is 0 Å². The molecule has 0 atom stereocenters. The van der Waals surface area contributed by atoms with Crippen LogP contribution in [-0.4, -0.2) is 31.1 Å². The molecule has 2 nitrogen and oxygen atoms in total. The molecular weight excluding hydrogens is 228 g/mol. The van der Waals surface area contributed by atoms with Crippen molar-refractivity contribution in [2.45, 2.75) is 33.2 Å². The number of thiophene rings is 1. The predicted molar refractivity (Wildman–Crippen MR) is 75.6 cm³/mol. The van der Waals surface area contributed by atoms with E-state index in [2.05, 4.69) is 36.2 Å². The van der Waals surface area contributed by atoms with E-state index in [-0.39, 0.29) is 0 Å². The molecule has 0 unspecified atom stereocenters. The van der Waals surface area contributed by atoms with Gasteiger partial charge in [-0.05, 0) is 57.5 Å². The molecule has 0 bridgehead atoms. The second-order valence-corrected chi connectivity index (χ2v) is 6.41. The van der Waals surface area contributed by atoms with Gasteiger partial charge in [0, 0.05) is 22.8 Å². The summed E-state index contributed by atoms with van der Waals surface area (Å²) in [5, 5.41) is 3.44. The van der Waals surface area contributed by atoms with Gasteiger partial charge in [0.1, 0.15) is 0 Å². The van der Waals surface area contributed by atoms with Crippen molar-refractivity contribution >= 4 is 11.3 Å². The Labute approximate surface area is 109 Å². The van der Waals surface area contributed by atoms with Crippen molar-refractivity contribution in [3.8, 4) is 0 Å². The molecular formula is C14H24N2S. The molecule has 2 heterocycles. The maximum atomic E-state index is 3.44. The highest BCUT2D eigenvalue weighted by Gasteiger charge is 2.16. The average Bonchev–Trinajstić information content (AvgIpc) is 2.75. The lowest BCUT2D eigenvalue weighted by atomic mass is 9.97. The number of aryl methyl sites for hydroxylation is 1. The molecule has 1 saturated heterocycles.